The molecule has 2 rings (SSSR count). The average molecular weight is 313 g/mol. The van der Waals surface area contributed by atoms with Crippen molar-refractivity contribution in [3.63, 3.8) is 0 Å². The van der Waals surface area contributed by atoms with Crippen LogP contribution in [0.2, 0.25) is 0 Å². The number of primary amides is 1. The molecule has 0 spiro atoms. The Morgan fingerprint density at radius 3 is 2.67 bits per heavy atom. The molecular formula is C12H17BrN4O. The van der Waals surface area contributed by atoms with Gasteiger partial charge in [-0.2, -0.15) is 0 Å². The molecule has 0 saturated heterocycles. The van der Waals surface area contributed by atoms with Gasteiger partial charge in [-0.25, -0.2) is 9.97 Å². The number of hydrogen-bond donors (Lipinski definition) is 2. The molecule has 6 heteroatoms. The van der Waals surface area contributed by atoms with E-state index in [1.165, 1.54) is 0 Å². The summed E-state index contributed by atoms with van der Waals surface area (Å²) in [6.45, 7) is 3.89. The monoisotopic (exact) mass is 312 g/mol. The van der Waals surface area contributed by atoms with Crippen molar-refractivity contribution in [3.05, 3.63) is 16.5 Å². The van der Waals surface area contributed by atoms with Gasteiger partial charge in [0.25, 0.3) is 0 Å². The van der Waals surface area contributed by atoms with Crippen LogP contribution in [0.25, 0.3) is 0 Å². The van der Waals surface area contributed by atoms with Gasteiger partial charge < -0.3 is 11.1 Å². The topological polar surface area (TPSA) is 80.9 Å². The fourth-order valence-corrected chi connectivity index (χ4v) is 2.16. The van der Waals surface area contributed by atoms with Gasteiger partial charge in [0.1, 0.15) is 22.3 Å². The van der Waals surface area contributed by atoms with Crippen molar-refractivity contribution < 1.29 is 4.79 Å². The Bertz CT molecular complexity index is 459. The van der Waals surface area contributed by atoms with E-state index in [0.717, 1.165) is 23.3 Å². The van der Waals surface area contributed by atoms with E-state index in [1.807, 2.05) is 13.8 Å². The second-order valence-corrected chi connectivity index (χ2v) is 5.79. The van der Waals surface area contributed by atoms with Crippen molar-refractivity contribution >= 4 is 27.7 Å². The number of hydrogen-bond acceptors (Lipinski definition) is 4. The number of nitrogens with two attached hydrogens (primary N) is 1. The predicted molar refractivity (Wildman–Crippen MR) is 73.2 cm³/mol. The Morgan fingerprint density at radius 2 is 2.17 bits per heavy atom. The number of nitrogens with one attached hydrogen (secondary N) is 1. The lowest BCUT2D eigenvalue weighted by Gasteiger charge is -2.19. The number of aromatic nitrogens is 2. The average Bonchev–Trinajstić information content (AvgIpc) is 3.07. The first-order valence-corrected chi connectivity index (χ1v) is 6.87. The molecule has 1 aliphatic carbocycles. The van der Waals surface area contributed by atoms with Gasteiger partial charge in [0.2, 0.25) is 5.91 Å². The van der Waals surface area contributed by atoms with E-state index in [4.69, 9.17) is 5.73 Å². The van der Waals surface area contributed by atoms with Gasteiger partial charge in [-0.1, -0.05) is 13.8 Å². The molecule has 0 bridgehead atoms. The summed E-state index contributed by atoms with van der Waals surface area (Å²) >= 11 is 3.37. The zero-order chi connectivity index (χ0) is 13.3. The van der Waals surface area contributed by atoms with E-state index in [0.29, 0.717) is 11.7 Å². The predicted octanol–water partition coefficient (Wildman–Crippen LogP) is 2.04. The quantitative estimate of drug-likeness (QED) is 0.815. The molecule has 98 valence electrons. The van der Waals surface area contributed by atoms with Gasteiger partial charge >= 0.3 is 0 Å². The Labute approximate surface area is 115 Å². The van der Waals surface area contributed by atoms with Crippen LogP contribution in [-0.4, -0.2) is 21.9 Å². The second-order valence-electron chi connectivity index (χ2n) is 4.98. The summed E-state index contributed by atoms with van der Waals surface area (Å²) in [4.78, 5) is 20.1. The van der Waals surface area contributed by atoms with Crippen LogP contribution in [0.1, 0.15) is 38.4 Å². The van der Waals surface area contributed by atoms with Gasteiger partial charge in [-0.3, -0.25) is 4.79 Å². The van der Waals surface area contributed by atoms with Crippen molar-refractivity contribution in [3.8, 4) is 0 Å². The lowest BCUT2D eigenvalue weighted by molar-refractivity contribution is -0.119. The molecule has 0 aromatic carbocycles. The van der Waals surface area contributed by atoms with Crippen molar-refractivity contribution in [2.45, 2.75) is 38.6 Å². The molecule has 1 aliphatic rings. The maximum atomic E-state index is 11.4. The van der Waals surface area contributed by atoms with Crippen LogP contribution in [-0.2, 0) is 4.79 Å². The molecule has 0 radical (unpaired) electrons. The summed E-state index contributed by atoms with van der Waals surface area (Å²) < 4.78 is 0.730. The smallest absolute Gasteiger partial charge is 0.240 e. The second kappa shape index (κ2) is 5.22. The van der Waals surface area contributed by atoms with Crippen LogP contribution in [0.4, 0.5) is 5.82 Å². The summed E-state index contributed by atoms with van der Waals surface area (Å²) in [5, 5.41) is 3.09. The van der Waals surface area contributed by atoms with Crippen molar-refractivity contribution in [1.29, 1.82) is 0 Å². The normalized spacial score (nSPS) is 16.7. The lowest BCUT2D eigenvalue weighted by atomic mass is 10.0. The van der Waals surface area contributed by atoms with E-state index in [2.05, 4.69) is 31.2 Å². The number of nitrogens with zero attached hydrogens (tertiary/aromatic N) is 2. The maximum Gasteiger partial charge on any atom is 0.240 e. The minimum atomic E-state index is -0.418. The zero-order valence-electron chi connectivity index (χ0n) is 10.5. The lowest BCUT2D eigenvalue weighted by Crippen LogP contribution is -2.39. The van der Waals surface area contributed by atoms with Gasteiger partial charge in [0.15, 0.2) is 0 Å². The Balaban J connectivity index is 2.19. The number of carbonyl (C=O) groups is 1. The molecule has 5 nitrogen and oxygen atoms in total. The fourth-order valence-electron chi connectivity index (χ4n) is 1.76. The number of halogens is 1. The maximum absolute atomic E-state index is 11.4. The van der Waals surface area contributed by atoms with E-state index in [-0.39, 0.29) is 11.8 Å². The van der Waals surface area contributed by atoms with Gasteiger partial charge in [-0.05, 0) is 34.7 Å². The van der Waals surface area contributed by atoms with Crippen molar-refractivity contribution in [2.75, 3.05) is 5.32 Å². The first kappa shape index (κ1) is 13.3. The summed E-state index contributed by atoms with van der Waals surface area (Å²) in [5.74, 6) is 1.69. The Morgan fingerprint density at radius 1 is 1.50 bits per heavy atom. The third-order valence-corrected chi connectivity index (χ3v) is 3.34. The van der Waals surface area contributed by atoms with E-state index in [9.17, 15) is 4.79 Å². The summed E-state index contributed by atoms with van der Waals surface area (Å²) in [7, 11) is 0. The third-order valence-electron chi connectivity index (χ3n) is 2.93. The summed E-state index contributed by atoms with van der Waals surface area (Å²) in [5.41, 5.74) is 5.38. The summed E-state index contributed by atoms with van der Waals surface area (Å²) in [6, 6.07) is 1.35. The van der Waals surface area contributed by atoms with Crippen LogP contribution in [0.15, 0.2) is 10.7 Å². The summed E-state index contributed by atoms with van der Waals surface area (Å²) in [6.07, 6.45) is 2.28. The molecule has 1 amide bonds. The highest BCUT2D eigenvalue weighted by Gasteiger charge is 2.28. The Hall–Kier alpha value is -1.17. The van der Waals surface area contributed by atoms with Crippen LogP contribution in [0, 0.1) is 5.92 Å². The third kappa shape index (κ3) is 3.19. The molecule has 1 unspecified atom stereocenters. The van der Waals surface area contributed by atoms with E-state index >= 15 is 0 Å². The zero-order valence-corrected chi connectivity index (χ0v) is 12.1. The molecule has 1 heterocycles. The number of carbonyl (C=O) groups excluding carboxylic acids is 1. The minimum absolute atomic E-state index is 0.112. The van der Waals surface area contributed by atoms with Crippen molar-refractivity contribution in [2.24, 2.45) is 11.7 Å². The highest BCUT2D eigenvalue weighted by molar-refractivity contribution is 9.10. The van der Waals surface area contributed by atoms with E-state index < -0.39 is 6.04 Å². The standard InChI is InChI=1S/C12H17BrN4O/c1-6(2)10(11(14)18)16-9-5-8(13)15-12(17-9)7-3-4-7/h5-7,10H,3-4H2,1-2H3,(H2,14,18)(H,15,16,17). The molecule has 3 N–H and O–H groups in total. The molecule has 18 heavy (non-hydrogen) atoms. The van der Waals surface area contributed by atoms with Gasteiger partial charge in [0, 0.05) is 12.0 Å². The van der Waals surface area contributed by atoms with Crippen LogP contribution in [0.5, 0.6) is 0 Å². The SMILES string of the molecule is CC(C)C(Nc1cc(Br)nc(C2CC2)n1)C(N)=O. The number of rotatable bonds is 5. The highest BCUT2D eigenvalue weighted by Crippen LogP contribution is 2.38. The van der Waals surface area contributed by atoms with Crippen LogP contribution >= 0.6 is 15.9 Å². The first-order valence-electron chi connectivity index (χ1n) is 6.07. The van der Waals surface area contributed by atoms with Gasteiger partial charge in [-0.15, -0.1) is 0 Å². The fraction of sp³-hybridized carbons (Fsp3) is 0.583. The number of anilines is 1. The van der Waals surface area contributed by atoms with Crippen LogP contribution < -0.4 is 11.1 Å². The van der Waals surface area contributed by atoms with Crippen molar-refractivity contribution in [1.82, 2.24) is 9.97 Å². The molecule has 1 atom stereocenters. The Kier molecular flexibility index (Phi) is 3.85. The number of amides is 1. The molecule has 1 aromatic rings. The first-order chi connectivity index (χ1) is 8.47. The molecule has 1 aromatic heterocycles. The molecule has 0 aliphatic heterocycles. The molecular weight excluding hydrogens is 296 g/mol. The largest absolute Gasteiger partial charge is 0.368 e. The van der Waals surface area contributed by atoms with Crippen LogP contribution in [0.3, 0.4) is 0 Å². The minimum Gasteiger partial charge on any atom is -0.368 e. The highest BCUT2D eigenvalue weighted by atomic mass is 79.9. The van der Waals surface area contributed by atoms with E-state index in [1.54, 1.807) is 6.07 Å². The van der Waals surface area contributed by atoms with Gasteiger partial charge in [0.05, 0.1) is 0 Å². The molecule has 1 fully saturated rings. The molecule has 1 saturated carbocycles.